The minimum atomic E-state index is -4.32. The normalized spacial score (nSPS) is 12.4. The SMILES string of the molecule is CCC(=O)CCCCC[C@H](NS(=O)(=O)c1ccccc1[N+](=O)[O-])c1ncc(-c2cc3ccc(C)nc3cc2OC)o1. The number of nitrogens with zero attached hydrogens (tertiary/aromatic N) is 3. The molecule has 1 N–H and O–H groups in total. The van der Waals surface area contributed by atoms with Crippen LogP contribution in [0.3, 0.4) is 0 Å². The number of carbonyl (C=O) groups is 1. The van der Waals surface area contributed by atoms with Crippen LogP contribution in [0, 0.1) is 17.0 Å². The zero-order chi connectivity index (χ0) is 29.6. The number of unbranched alkanes of at least 4 members (excludes halogenated alkanes) is 2. The van der Waals surface area contributed by atoms with Crippen LogP contribution in [0.5, 0.6) is 5.75 Å². The number of benzene rings is 2. The molecule has 12 heteroatoms. The number of aromatic nitrogens is 2. The van der Waals surface area contributed by atoms with Crippen LogP contribution in [0.4, 0.5) is 5.69 Å². The number of fused-ring (bicyclic) bond motifs is 1. The summed E-state index contributed by atoms with van der Waals surface area (Å²) >= 11 is 0. The molecule has 0 amide bonds. The first-order chi connectivity index (χ1) is 19.6. The predicted molar refractivity (Wildman–Crippen MR) is 153 cm³/mol. The van der Waals surface area contributed by atoms with E-state index in [1.54, 1.807) is 6.07 Å². The van der Waals surface area contributed by atoms with Crippen LogP contribution in [0.1, 0.15) is 63.1 Å². The number of hydrogen-bond acceptors (Lipinski definition) is 9. The summed E-state index contributed by atoms with van der Waals surface area (Å²) in [5.41, 5.74) is 1.70. The van der Waals surface area contributed by atoms with Gasteiger partial charge in [-0.25, -0.2) is 13.4 Å². The third kappa shape index (κ3) is 7.14. The zero-order valence-electron chi connectivity index (χ0n) is 23.1. The molecule has 0 spiro atoms. The van der Waals surface area contributed by atoms with Crippen molar-refractivity contribution < 1.29 is 27.3 Å². The smallest absolute Gasteiger partial charge is 0.289 e. The summed E-state index contributed by atoms with van der Waals surface area (Å²) in [6.45, 7) is 3.72. The number of rotatable bonds is 14. The quantitative estimate of drug-likeness (QED) is 0.106. The Morgan fingerprint density at radius 2 is 1.93 bits per heavy atom. The van der Waals surface area contributed by atoms with Gasteiger partial charge >= 0.3 is 0 Å². The van der Waals surface area contributed by atoms with Gasteiger partial charge in [0.1, 0.15) is 11.5 Å². The fraction of sp³-hybridized carbons (Fsp3) is 0.345. The van der Waals surface area contributed by atoms with Gasteiger partial charge in [0.25, 0.3) is 5.69 Å². The Balaban J connectivity index is 1.65. The molecule has 0 aliphatic heterocycles. The highest BCUT2D eigenvalue weighted by Gasteiger charge is 2.30. The number of para-hydroxylation sites is 1. The second-order valence-electron chi connectivity index (χ2n) is 9.65. The molecule has 0 aliphatic carbocycles. The van der Waals surface area contributed by atoms with Gasteiger partial charge in [-0.15, -0.1) is 0 Å². The number of ether oxygens (including phenoxy) is 1. The first kappa shape index (κ1) is 29.8. The van der Waals surface area contributed by atoms with E-state index in [2.05, 4.69) is 14.7 Å². The molecule has 41 heavy (non-hydrogen) atoms. The number of aryl methyl sites for hydroxylation is 1. The number of methoxy groups -OCH3 is 1. The predicted octanol–water partition coefficient (Wildman–Crippen LogP) is 6.06. The van der Waals surface area contributed by atoms with Crippen LogP contribution in [0.15, 0.2) is 64.0 Å². The zero-order valence-corrected chi connectivity index (χ0v) is 23.9. The van der Waals surface area contributed by atoms with Crippen molar-refractivity contribution in [3.63, 3.8) is 0 Å². The van der Waals surface area contributed by atoms with E-state index >= 15 is 0 Å². The summed E-state index contributed by atoms with van der Waals surface area (Å²) < 4.78 is 40.9. The number of nitro groups is 1. The largest absolute Gasteiger partial charge is 0.496 e. The number of carbonyl (C=O) groups excluding carboxylic acids is 1. The van der Waals surface area contributed by atoms with E-state index in [0.29, 0.717) is 55.6 Å². The first-order valence-electron chi connectivity index (χ1n) is 13.3. The maximum atomic E-state index is 13.4. The molecular formula is C29H32N4O7S. The van der Waals surface area contributed by atoms with Crippen LogP contribution in [-0.2, 0) is 14.8 Å². The number of oxazole rings is 1. The molecule has 2 heterocycles. The molecule has 2 aromatic heterocycles. The number of hydrogen-bond donors (Lipinski definition) is 1. The van der Waals surface area contributed by atoms with E-state index in [-0.39, 0.29) is 11.7 Å². The minimum absolute atomic E-state index is 0.107. The van der Waals surface area contributed by atoms with Crippen molar-refractivity contribution in [3.8, 4) is 17.1 Å². The lowest BCUT2D eigenvalue weighted by atomic mass is 10.1. The van der Waals surface area contributed by atoms with E-state index in [1.165, 1.54) is 31.5 Å². The Labute approximate surface area is 238 Å². The lowest BCUT2D eigenvalue weighted by molar-refractivity contribution is -0.387. The molecule has 0 aliphatic rings. The topological polar surface area (TPSA) is 155 Å². The van der Waals surface area contributed by atoms with Crippen LogP contribution < -0.4 is 9.46 Å². The third-order valence-corrected chi connectivity index (χ3v) is 8.25. The Bertz CT molecular complexity index is 1670. The summed E-state index contributed by atoms with van der Waals surface area (Å²) in [5.74, 6) is 1.15. The van der Waals surface area contributed by atoms with Gasteiger partial charge < -0.3 is 9.15 Å². The van der Waals surface area contributed by atoms with Gasteiger partial charge in [0.15, 0.2) is 10.7 Å². The average molecular weight is 581 g/mol. The highest BCUT2D eigenvalue weighted by Crippen LogP contribution is 2.36. The van der Waals surface area contributed by atoms with Gasteiger partial charge in [-0.3, -0.25) is 19.9 Å². The highest BCUT2D eigenvalue weighted by molar-refractivity contribution is 7.89. The number of nitrogens with one attached hydrogen (secondary N) is 1. The number of Topliss-reactive ketones (excluding diaryl/α,β-unsaturated/α-hetero) is 1. The van der Waals surface area contributed by atoms with Crippen molar-refractivity contribution in [2.24, 2.45) is 0 Å². The average Bonchev–Trinajstić information content (AvgIpc) is 3.45. The Kier molecular flexibility index (Phi) is 9.46. The van der Waals surface area contributed by atoms with Gasteiger partial charge in [0.2, 0.25) is 15.9 Å². The van der Waals surface area contributed by atoms with E-state index in [1.807, 2.05) is 32.0 Å². The fourth-order valence-corrected chi connectivity index (χ4v) is 5.93. The molecule has 0 fully saturated rings. The first-order valence-corrected chi connectivity index (χ1v) is 14.8. The van der Waals surface area contributed by atoms with Gasteiger partial charge in [-0.05, 0) is 38.0 Å². The Morgan fingerprint density at radius 1 is 1.15 bits per heavy atom. The molecule has 0 saturated carbocycles. The lowest BCUT2D eigenvalue weighted by Gasteiger charge is -2.16. The summed E-state index contributed by atoms with van der Waals surface area (Å²) in [7, 11) is -2.79. The summed E-state index contributed by atoms with van der Waals surface area (Å²) in [5, 5.41) is 12.4. The highest BCUT2D eigenvalue weighted by atomic mass is 32.2. The number of sulfonamides is 1. The van der Waals surface area contributed by atoms with Crippen molar-refractivity contribution in [2.75, 3.05) is 7.11 Å². The van der Waals surface area contributed by atoms with Crippen LogP contribution in [0.25, 0.3) is 22.2 Å². The third-order valence-electron chi connectivity index (χ3n) is 6.73. The molecule has 11 nitrogen and oxygen atoms in total. The van der Waals surface area contributed by atoms with Crippen LogP contribution >= 0.6 is 0 Å². The number of ketones is 1. The Morgan fingerprint density at radius 3 is 2.66 bits per heavy atom. The summed E-state index contributed by atoms with van der Waals surface area (Å²) in [6.07, 6.45) is 4.67. The standard InChI is InChI=1S/C29H32N4O7S/c1-4-21(34)10-6-5-7-11-23(32-41(37,38)28-13-9-8-12-25(28)33(35)36)29-30-18-27(40-29)22-16-20-15-14-19(2)31-24(20)17-26(22)39-3/h8-9,12-18,23,32H,4-7,10-11H2,1-3H3/t23-/m0/s1. The molecule has 0 unspecified atom stereocenters. The number of pyridine rings is 1. The monoisotopic (exact) mass is 580 g/mol. The molecule has 0 radical (unpaired) electrons. The second-order valence-corrected chi connectivity index (χ2v) is 11.3. The van der Waals surface area contributed by atoms with Crippen molar-refractivity contribution in [1.82, 2.24) is 14.7 Å². The van der Waals surface area contributed by atoms with Crippen LogP contribution in [-0.4, -0.2) is 36.2 Å². The van der Waals surface area contributed by atoms with Crippen molar-refractivity contribution in [1.29, 1.82) is 0 Å². The van der Waals surface area contributed by atoms with Crippen molar-refractivity contribution >= 4 is 32.4 Å². The maximum Gasteiger partial charge on any atom is 0.289 e. The molecule has 216 valence electrons. The molecular weight excluding hydrogens is 548 g/mol. The van der Waals surface area contributed by atoms with E-state index in [0.717, 1.165) is 22.7 Å². The lowest BCUT2D eigenvalue weighted by Crippen LogP contribution is -2.29. The van der Waals surface area contributed by atoms with E-state index in [4.69, 9.17) is 9.15 Å². The number of nitro benzene ring substituents is 1. The fourth-order valence-electron chi connectivity index (χ4n) is 4.53. The van der Waals surface area contributed by atoms with E-state index in [9.17, 15) is 23.3 Å². The molecule has 0 bridgehead atoms. The summed E-state index contributed by atoms with van der Waals surface area (Å²) in [6, 6.07) is 11.7. The molecule has 1 atom stereocenters. The second kappa shape index (κ2) is 13.0. The molecule has 4 aromatic rings. The van der Waals surface area contributed by atoms with Crippen molar-refractivity contribution in [3.05, 3.63) is 76.4 Å². The minimum Gasteiger partial charge on any atom is -0.496 e. The van der Waals surface area contributed by atoms with E-state index < -0.39 is 31.6 Å². The molecule has 4 rings (SSSR count). The summed E-state index contributed by atoms with van der Waals surface area (Å²) in [4.78, 5) is 30.9. The van der Waals surface area contributed by atoms with Gasteiger partial charge in [0.05, 0.1) is 35.4 Å². The maximum absolute atomic E-state index is 13.4. The molecule has 2 aromatic carbocycles. The van der Waals surface area contributed by atoms with Crippen molar-refractivity contribution in [2.45, 2.75) is 63.3 Å². The van der Waals surface area contributed by atoms with Gasteiger partial charge in [-0.1, -0.05) is 38.0 Å². The van der Waals surface area contributed by atoms with Gasteiger partial charge in [-0.2, -0.15) is 4.72 Å². The Hall–Kier alpha value is -4.16. The van der Waals surface area contributed by atoms with Gasteiger partial charge in [0, 0.05) is 36.1 Å². The van der Waals surface area contributed by atoms with Crippen LogP contribution in [0.2, 0.25) is 0 Å². The molecule has 0 saturated heterocycles.